The van der Waals surface area contributed by atoms with Crippen molar-refractivity contribution in [2.24, 2.45) is 0 Å². The van der Waals surface area contributed by atoms with Gasteiger partial charge in [0.15, 0.2) is 0 Å². The van der Waals surface area contributed by atoms with Crippen molar-refractivity contribution in [1.29, 1.82) is 0 Å². The Bertz CT molecular complexity index is 795. The highest BCUT2D eigenvalue weighted by atomic mass is 16.6. The largest absolute Gasteiger partial charge is 0.445 e. The van der Waals surface area contributed by atoms with E-state index < -0.39 is 0 Å². The second-order valence-electron chi connectivity index (χ2n) is 7.49. The minimum Gasteiger partial charge on any atom is -0.445 e. The van der Waals surface area contributed by atoms with Crippen LogP contribution in [0.5, 0.6) is 0 Å². The number of amides is 1. The maximum atomic E-state index is 12.4. The van der Waals surface area contributed by atoms with Crippen molar-refractivity contribution in [1.82, 2.24) is 14.9 Å². The molecule has 0 spiro atoms. The van der Waals surface area contributed by atoms with Gasteiger partial charge in [0.2, 0.25) is 0 Å². The standard InChI is InChI=1S/C21H26N4O3/c26-18-11-17(12-18)19-13-20(23-15-22-19)24-7-4-8-25(10-9-24)21(27)28-14-16-5-2-1-3-6-16/h1-3,5-6,13,15,17-18,26H,4,7-12,14H2. The highest BCUT2D eigenvalue weighted by molar-refractivity contribution is 5.67. The van der Waals surface area contributed by atoms with Gasteiger partial charge in [0.1, 0.15) is 18.8 Å². The number of aliphatic hydroxyl groups excluding tert-OH is 1. The summed E-state index contributed by atoms with van der Waals surface area (Å²) in [7, 11) is 0. The van der Waals surface area contributed by atoms with Gasteiger partial charge in [-0.3, -0.25) is 0 Å². The summed E-state index contributed by atoms with van der Waals surface area (Å²) in [5, 5.41) is 9.53. The molecular weight excluding hydrogens is 356 g/mol. The monoisotopic (exact) mass is 382 g/mol. The number of benzene rings is 1. The Morgan fingerprint density at radius 1 is 1.11 bits per heavy atom. The van der Waals surface area contributed by atoms with Gasteiger partial charge in [-0.05, 0) is 24.8 Å². The Kier molecular flexibility index (Phi) is 5.71. The topological polar surface area (TPSA) is 78.8 Å². The van der Waals surface area contributed by atoms with Gasteiger partial charge in [0.05, 0.1) is 6.10 Å². The van der Waals surface area contributed by atoms with E-state index in [-0.39, 0.29) is 12.2 Å². The molecule has 2 aromatic rings. The van der Waals surface area contributed by atoms with Crippen LogP contribution in [0, 0.1) is 0 Å². The lowest BCUT2D eigenvalue weighted by atomic mass is 9.80. The van der Waals surface area contributed by atoms with Crippen molar-refractivity contribution in [2.45, 2.75) is 37.9 Å². The molecule has 2 aliphatic rings. The maximum Gasteiger partial charge on any atom is 0.410 e. The summed E-state index contributed by atoms with van der Waals surface area (Å²) in [6, 6.07) is 11.7. The number of ether oxygens (including phenoxy) is 1. The zero-order chi connectivity index (χ0) is 19.3. The van der Waals surface area contributed by atoms with Crippen LogP contribution in [0.2, 0.25) is 0 Å². The summed E-state index contributed by atoms with van der Waals surface area (Å²) in [5.41, 5.74) is 1.99. The van der Waals surface area contributed by atoms with Crippen molar-refractivity contribution in [3.05, 3.63) is 54.0 Å². The van der Waals surface area contributed by atoms with E-state index in [4.69, 9.17) is 4.74 Å². The zero-order valence-electron chi connectivity index (χ0n) is 15.9. The molecular formula is C21H26N4O3. The quantitative estimate of drug-likeness (QED) is 0.876. The predicted molar refractivity (Wildman–Crippen MR) is 105 cm³/mol. The van der Waals surface area contributed by atoms with Crippen LogP contribution >= 0.6 is 0 Å². The molecule has 0 bridgehead atoms. The molecule has 1 saturated carbocycles. The van der Waals surface area contributed by atoms with E-state index in [1.165, 1.54) is 0 Å². The first-order valence-electron chi connectivity index (χ1n) is 9.89. The molecule has 7 nitrogen and oxygen atoms in total. The van der Waals surface area contributed by atoms with Crippen LogP contribution < -0.4 is 4.90 Å². The van der Waals surface area contributed by atoms with Crippen LogP contribution in [0.15, 0.2) is 42.7 Å². The number of carbonyl (C=O) groups excluding carboxylic acids is 1. The van der Waals surface area contributed by atoms with Gasteiger partial charge in [-0.1, -0.05) is 30.3 Å². The van der Waals surface area contributed by atoms with Gasteiger partial charge in [0, 0.05) is 43.9 Å². The molecule has 1 aromatic heterocycles. The van der Waals surface area contributed by atoms with E-state index in [1.807, 2.05) is 36.4 Å². The SMILES string of the molecule is O=C(OCc1ccccc1)N1CCCN(c2cc(C3CC(O)C3)ncn2)CC1. The summed E-state index contributed by atoms with van der Waals surface area (Å²) >= 11 is 0. The van der Waals surface area contributed by atoms with E-state index in [2.05, 4.69) is 14.9 Å². The fraction of sp³-hybridized carbons (Fsp3) is 0.476. The molecule has 0 atom stereocenters. The molecule has 0 unspecified atom stereocenters. The van der Waals surface area contributed by atoms with Crippen molar-refractivity contribution in [3.8, 4) is 0 Å². The second-order valence-corrected chi connectivity index (χ2v) is 7.49. The van der Waals surface area contributed by atoms with Crippen LogP contribution in [0.1, 0.15) is 36.4 Å². The fourth-order valence-electron chi connectivity index (χ4n) is 3.73. The van der Waals surface area contributed by atoms with Crippen molar-refractivity contribution in [3.63, 3.8) is 0 Å². The van der Waals surface area contributed by atoms with Crippen LogP contribution in [-0.4, -0.2) is 58.4 Å². The molecule has 1 N–H and O–H groups in total. The van der Waals surface area contributed by atoms with Gasteiger partial charge < -0.3 is 19.6 Å². The highest BCUT2D eigenvalue weighted by Crippen LogP contribution is 2.36. The minimum atomic E-state index is -0.266. The Morgan fingerprint density at radius 3 is 2.71 bits per heavy atom. The third-order valence-corrected chi connectivity index (χ3v) is 5.49. The van der Waals surface area contributed by atoms with Crippen molar-refractivity contribution < 1.29 is 14.6 Å². The molecule has 1 aliphatic carbocycles. The van der Waals surface area contributed by atoms with Gasteiger partial charge in [-0.25, -0.2) is 14.8 Å². The predicted octanol–water partition coefficient (Wildman–Crippen LogP) is 2.56. The minimum absolute atomic E-state index is 0.197. The van der Waals surface area contributed by atoms with Crippen LogP contribution in [0.3, 0.4) is 0 Å². The Morgan fingerprint density at radius 2 is 1.93 bits per heavy atom. The lowest BCUT2D eigenvalue weighted by Crippen LogP contribution is -2.35. The Hall–Kier alpha value is -2.67. The van der Waals surface area contributed by atoms with Crippen LogP contribution in [0.25, 0.3) is 0 Å². The summed E-state index contributed by atoms with van der Waals surface area (Å²) in [6.45, 7) is 3.13. The lowest BCUT2D eigenvalue weighted by molar-refractivity contribution is 0.0732. The molecule has 0 radical (unpaired) electrons. The molecule has 1 saturated heterocycles. The van der Waals surface area contributed by atoms with Gasteiger partial charge >= 0.3 is 6.09 Å². The van der Waals surface area contributed by atoms with E-state index in [1.54, 1.807) is 11.2 Å². The van der Waals surface area contributed by atoms with Gasteiger partial charge in [-0.2, -0.15) is 0 Å². The number of rotatable bonds is 4. The Balaban J connectivity index is 1.32. The normalized spacial score (nSPS) is 22.3. The number of nitrogens with zero attached hydrogens (tertiary/aromatic N) is 4. The first kappa shape index (κ1) is 18.7. The number of aliphatic hydroxyl groups is 1. The van der Waals surface area contributed by atoms with Crippen molar-refractivity contribution >= 4 is 11.9 Å². The number of carbonyl (C=O) groups is 1. The molecule has 148 valence electrons. The third-order valence-electron chi connectivity index (χ3n) is 5.49. The summed E-state index contributed by atoms with van der Waals surface area (Å²) in [5.74, 6) is 1.22. The number of hydrogen-bond acceptors (Lipinski definition) is 6. The van der Waals surface area contributed by atoms with E-state index >= 15 is 0 Å². The number of hydrogen-bond donors (Lipinski definition) is 1. The van der Waals surface area contributed by atoms with E-state index in [9.17, 15) is 9.90 Å². The smallest absolute Gasteiger partial charge is 0.410 e. The average Bonchev–Trinajstić information content (AvgIpc) is 2.97. The van der Waals surface area contributed by atoms with E-state index in [0.29, 0.717) is 32.2 Å². The second kappa shape index (κ2) is 8.56. The van der Waals surface area contributed by atoms with Crippen LogP contribution in [-0.2, 0) is 11.3 Å². The summed E-state index contributed by atoms with van der Waals surface area (Å²) in [6.07, 6.45) is 3.55. The highest BCUT2D eigenvalue weighted by Gasteiger charge is 2.30. The fourth-order valence-corrected chi connectivity index (χ4v) is 3.73. The maximum absolute atomic E-state index is 12.4. The molecule has 7 heteroatoms. The molecule has 2 heterocycles. The Labute approximate surface area is 165 Å². The lowest BCUT2D eigenvalue weighted by Gasteiger charge is -2.31. The molecule has 1 aliphatic heterocycles. The third kappa shape index (κ3) is 4.42. The number of aromatic nitrogens is 2. The van der Waals surface area contributed by atoms with E-state index in [0.717, 1.165) is 42.9 Å². The molecule has 2 fully saturated rings. The number of anilines is 1. The van der Waals surface area contributed by atoms with Gasteiger partial charge in [0.25, 0.3) is 0 Å². The van der Waals surface area contributed by atoms with Gasteiger partial charge in [-0.15, -0.1) is 0 Å². The average molecular weight is 382 g/mol. The molecule has 1 amide bonds. The first-order valence-corrected chi connectivity index (χ1v) is 9.89. The van der Waals surface area contributed by atoms with Crippen LogP contribution in [0.4, 0.5) is 10.6 Å². The molecule has 1 aromatic carbocycles. The molecule has 28 heavy (non-hydrogen) atoms. The first-order chi connectivity index (χ1) is 13.7. The van der Waals surface area contributed by atoms with Crippen molar-refractivity contribution in [2.75, 3.05) is 31.1 Å². The summed E-state index contributed by atoms with van der Waals surface area (Å²) in [4.78, 5) is 25.2. The summed E-state index contributed by atoms with van der Waals surface area (Å²) < 4.78 is 5.47. The zero-order valence-corrected chi connectivity index (χ0v) is 15.9. The molecule has 4 rings (SSSR count).